The highest BCUT2D eigenvalue weighted by molar-refractivity contribution is 5.43. The minimum atomic E-state index is 0.288. The predicted molar refractivity (Wildman–Crippen MR) is 96.0 cm³/mol. The van der Waals surface area contributed by atoms with Crippen molar-refractivity contribution in [2.24, 2.45) is 0 Å². The molecule has 0 aliphatic carbocycles. The smallest absolute Gasteiger partial charge is 0.161 e. The van der Waals surface area contributed by atoms with Crippen molar-refractivity contribution in [1.82, 2.24) is 4.90 Å². The Morgan fingerprint density at radius 1 is 1.04 bits per heavy atom. The summed E-state index contributed by atoms with van der Waals surface area (Å²) >= 11 is 0. The molecule has 0 spiro atoms. The van der Waals surface area contributed by atoms with Crippen molar-refractivity contribution in [3.05, 3.63) is 54.1 Å². The number of nitrogens with zero attached hydrogens (tertiary/aromatic N) is 1. The van der Waals surface area contributed by atoms with Crippen LogP contribution in [-0.4, -0.2) is 39.3 Å². The number of rotatable bonds is 9. The summed E-state index contributed by atoms with van der Waals surface area (Å²) < 4.78 is 16.4. The lowest BCUT2D eigenvalue weighted by molar-refractivity contribution is 0.225. The largest absolute Gasteiger partial charge is 0.494 e. The Balaban J connectivity index is 1.84. The van der Waals surface area contributed by atoms with Crippen molar-refractivity contribution < 1.29 is 14.2 Å². The van der Waals surface area contributed by atoms with Gasteiger partial charge in [-0.1, -0.05) is 18.2 Å². The Labute approximate surface area is 145 Å². The van der Waals surface area contributed by atoms with E-state index in [4.69, 9.17) is 14.2 Å². The van der Waals surface area contributed by atoms with Crippen molar-refractivity contribution in [2.45, 2.75) is 19.4 Å². The summed E-state index contributed by atoms with van der Waals surface area (Å²) in [6.45, 7) is 3.84. The molecule has 0 aromatic heterocycles. The van der Waals surface area contributed by atoms with Crippen LogP contribution in [0.2, 0.25) is 0 Å². The Morgan fingerprint density at radius 2 is 1.75 bits per heavy atom. The highest BCUT2D eigenvalue weighted by Gasteiger charge is 2.14. The molecule has 0 bridgehead atoms. The van der Waals surface area contributed by atoms with Crippen LogP contribution in [0.15, 0.2) is 42.5 Å². The number of hydrogen-bond acceptors (Lipinski definition) is 4. The van der Waals surface area contributed by atoms with Crippen LogP contribution in [0.25, 0.3) is 0 Å². The van der Waals surface area contributed by atoms with E-state index in [1.807, 2.05) is 36.4 Å². The second kappa shape index (κ2) is 9.18. The molecule has 0 saturated carbocycles. The summed E-state index contributed by atoms with van der Waals surface area (Å²) in [5.74, 6) is 2.41. The minimum Gasteiger partial charge on any atom is -0.494 e. The van der Waals surface area contributed by atoms with Crippen LogP contribution < -0.4 is 14.2 Å². The lowest BCUT2D eigenvalue weighted by atomic mass is 10.1. The van der Waals surface area contributed by atoms with Crippen LogP contribution in [0.1, 0.15) is 24.9 Å². The molecule has 0 aliphatic heterocycles. The minimum absolute atomic E-state index is 0.288. The van der Waals surface area contributed by atoms with Crippen LogP contribution in [0.3, 0.4) is 0 Å². The SMILES string of the molecule is COc1ccc(C(C)N(C)CCCOc2cc[c]cc2)cc1OC. The normalized spacial score (nSPS) is 12.0. The van der Waals surface area contributed by atoms with E-state index in [9.17, 15) is 0 Å². The first-order valence-electron chi connectivity index (χ1n) is 8.16. The molecule has 0 amide bonds. The van der Waals surface area contributed by atoms with E-state index >= 15 is 0 Å². The van der Waals surface area contributed by atoms with Gasteiger partial charge >= 0.3 is 0 Å². The van der Waals surface area contributed by atoms with Gasteiger partial charge in [0, 0.05) is 12.6 Å². The van der Waals surface area contributed by atoms with Crippen LogP contribution >= 0.6 is 0 Å². The molecule has 0 saturated heterocycles. The molecule has 4 heteroatoms. The van der Waals surface area contributed by atoms with Crippen LogP contribution in [0, 0.1) is 6.07 Å². The first-order valence-corrected chi connectivity index (χ1v) is 8.16. The van der Waals surface area contributed by atoms with Gasteiger partial charge < -0.3 is 14.2 Å². The second-order valence-corrected chi connectivity index (χ2v) is 5.71. The van der Waals surface area contributed by atoms with Gasteiger partial charge in [-0.15, -0.1) is 0 Å². The van der Waals surface area contributed by atoms with Gasteiger partial charge in [0.1, 0.15) is 5.75 Å². The van der Waals surface area contributed by atoms with Crippen molar-refractivity contribution >= 4 is 0 Å². The fraction of sp³-hybridized carbons (Fsp3) is 0.400. The van der Waals surface area contributed by atoms with E-state index in [2.05, 4.69) is 31.0 Å². The monoisotopic (exact) mass is 328 g/mol. The van der Waals surface area contributed by atoms with Crippen molar-refractivity contribution in [3.8, 4) is 17.2 Å². The second-order valence-electron chi connectivity index (χ2n) is 5.71. The fourth-order valence-corrected chi connectivity index (χ4v) is 2.53. The quantitative estimate of drug-likeness (QED) is 0.652. The maximum Gasteiger partial charge on any atom is 0.161 e. The standard InChI is InChI=1S/C20H26NO3/c1-16(17-11-12-19(22-3)20(15-17)23-4)21(2)13-8-14-24-18-9-6-5-7-10-18/h6-7,9-12,15-16H,8,13-14H2,1-4H3. The number of methoxy groups -OCH3 is 2. The maximum atomic E-state index is 5.73. The van der Waals surface area contributed by atoms with Gasteiger partial charge in [0.15, 0.2) is 11.5 Å². The highest BCUT2D eigenvalue weighted by Crippen LogP contribution is 2.31. The molecule has 0 fully saturated rings. The molecule has 0 N–H and O–H groups in total. The number of hydrogen-bond donors (Lipinski definition) is 0. The molecular formula is C20H26NO3. The predicted octanol–water partition coefficient (Wildman–Crippen LogP) is 3.97. The first kappa shape index (κ1) is 18.1. The van der Waals surface area contributed by atoms with Crippen molar-refractivity contribution in [1.29, 1.82) is 0 Å². The third kappa shape index (κ3) is 4.90. The summed E-state index contributed by atoms with van der Waals surface area (Å²) in [6, 6.07) is 16.9. The summed E-state index contributed by atoms with van der Waals surface area (Å²) in [5, 5.41) is 0. The summed E-state index contributed by atoms with van der Waals surface area (Å²) in [6.07, 6.45) is 0.965. The van der Waals surface area contributed by atoms with Gasteiger partial charge in [-0.05, 0) is 56.3 Å². The molecule has 0 heterocycles. The molecule has 2 rings (SSSR count). The zero-order valence-corrected chi connectivity index (χ0v) is 14.9. The first-order chi connectivity index (χ1) is 11.7. The van der Waals surface area contributed by atoms with E-state index in [0.29, 0.717) is 6.61 Å². The molecule has 1 unspecified atom stereocenters. The van der Waals surface area contributed by atoms with Gasteiger partial charge in [0.2, 0.25) is 0 Å². The molecule has 4 nitrogen and oxygen atoms in total. The van der Waals surface area contributed by atoms with E-state index in [1.54, 1.807) is 14.2 Å². The van der Waals surface area contributed by atoms with Gasteiger partial charge in [-0.2, -0.15) is 0 Å². The van der Waals surface area contributed by atoms with Gasteiger partial charge in [-0.3, -0.25) is 4.90 Å². The zero-order valence-electron chi connectivity index (χ0n) is 14.9. The average Bonchev–Trinajstić information content (AvgIpc) is 2.64. The molecular weight excluding hydrogens is 302 g/mol. The Hall–Kier alpha value is -2.20. The topological polar surface area (TPSA) is 30.9 Å². The van der Waals surface area contributed by atoms with E-state index < -0.39 is 0 Å². The van der Waals surface area contributed by atoms with E-state index in [1.165, 1.54) is 5.56 Å². The summed E-state index contributed by atoms with van der Waals surface area (Å²) in [4.78, 5) is 2.31. The molecule has 129 valence electrons. The lowest BCUT2D eigenvalue weighted by Crippen LogP contribution is -2.24. The van der Waals surface area contributed by atoms with E-state index in [-0.39, 0.29) is 6.04 Å². The molecule has 24 heavy (non-hydrogen) atoms. The zero-order chi connectivity index (χ0) is 17.4. The van der Waals surface area contributed by atoms with Crippen molar-refractivity contribution in [2.75, 3.05) is 34.4 Å². The van der Waals surface area contributed by atoms with Crippen LogP contribution in [0.4, 0.5) is 0 Å². The Bertz CT molecular complexity index is 616. The highest BCUT2D eigenvalue weighted by atomic mass is 16.5. The van der Waals surface area contributed by atoms with E-state index in [0.717, 1.165) is 30.2 Å². The van der Waals surface area contributed by atoms with Gasteiger partial charge in [0.05, 0.1) is 20.8 Å². The number of benzene rings is 2. The van der Waals surface area contributed by atoms with Crippen molar-refractivity contribution in [3.63, 3.8) is 0 Å². The fourth-order valence-electron chi connectivity index (χ4n) is 2.53. The van der Waals surface area contributed by atoms with Gasteiger partial charge in [0.25, 0.3) is 0 Å². The Morgan fingerprint density at radius 3 is 2.42 bits per heavy atom. The lowest BCUT2D eigenvalue weighted by Gasteiger charge is -2.25. The molecule has 2 aromatic rings. The van der Waals surface area contributed by atoms with Crippen LogP contribution in [-0.2, 0) is 0 Å². The van der Waals surface area contributed by atoms with Crippen LogP contribution in [0.5, 0.6) is 17.2 Å². The molecule has 1 atom stereocenters. The van der Waals surface area contributed by atoms with Gasteiger partial charge in [-0.25, -0.2) is 0 Å². The summed E-state index contributed by atoms with van der Waals surface area (Å²) in [7, 11) is 5.44. The summed E-state index contributed by atoms with van der Waals surface area (Å²) in [5.41, 5.74) is 1.20. The third-order valence-corrected chi connectivity index (χ3v) is 4.16. The third-order valence-electron chi connectivity index (χ3n) is 4.16. The molecule has 1 radical (unpaired) electrons. The maximum absolute atomic E-state index is 5.73. The number of ether oxygens (including phenoxy) is 3. The molecule has 2 aromatic carbocycles. The average molecular weight is 328 g/mol. The Kier molecular flexibility index (Phi) is 6.94. The molecule has 0 aliphatic rings.